The highest BCUT2D eigenvalue weighted by molar-refractivity contribution is 4.89. The molecule has 0 amide bonds. The van der Waals surface area contributed by atoms with Gasteiger partial charge in [0.15, 0.2) is 0 Å². The van der Waals surface area contributed by atoms with E-state index in [0.717, 1.165) is 5.92 Å². The molecule has 56 valence electrons. The van der Waals surface area contributed by atoms with Gasteiger partial charge in [-0.2, -0.15) is 0 Å². The lowest BCUT2D eigenvalue weighted by Gasteiger charge is -2.22. The first-order chi connectivity index (χ1) is 3.63. The molecule has 0 spiro atoms. The highest BCUT2D eigenvalue weighted by Crippen LogP contribution is 2.32. The molecule has 2 nitrogen and oxygen atoms in total. The minimum Gasteiger partial charge on any atom is -0.344 e. The van der Waals surface area contributed by atoms with Crippen molar-refractivity contribution in [3.8, 4) is 0 Å². The summed E-state index contributed by atoms with van der Waals surface area (Å²) in [4.78, 5) is 0. The van der Waals surface area contributed by atoms with Crippen molar-refractivity contribution in [2.45, 2.75) is 38.6 Å². The first kappa shape index (κ1) is 8.92. The summed E-state index contributed by atoms with van der Waals surface area (Å²) in [5, 5.41) is 0. The molecule has 0 aromatic carbocycles. The summed E-state index contributed by atoms with van der Waals surface area (Å²) in [6.45, 7) is 4.40. The van der Waals surface area contributed by atoms with Gasteiger partial charge in [-0.15, -0.1) is 0 Å². The van der Waals surface area contributed by atoms with E-state index >= 15 is 0 Å². The van der Waals surface area contributed by atoms with E-state index in [1.54, 1.807) is 0 Å². The topological polar surface area (TPSA) is 61.0 Å². The van der Waals surface area contributed by atoms with Crippen molar-refractivity contribution in [1.82, 2.24) is 6.15 Å². The van der Waals surface area contributed by atoms with Crippen molar-refractivity contribution in [2.75, 3.05) is 0 Å². The third-order valence-electron chi connectivity index (χ3n) is 2.48. The Bertz CT molecular complexity index is 88.9. The summed E-state index contributed by atoms with van der Waals surface area (Å²) in [5.74, 6) is 0.738. The molecular formula is C7H18N2. The Morgan fingerprint density at radius 2 is 2.11 bits per heavy atom. The molecule has 0 aliphatic heterocycles. The van der Waals surface area contributed by atoms with Crippen LogP contribution in [0.1, 0.15) is 33.1 Å². The minimum atomic E-state index is 0. The molecular weight excluding hydrogens is 112 g/mol. The molecule has 0 heterocycles. The molecule has 1 rings (SSSR count). The molecule has 1 aliphatic rings. The highest BCUT2D eigenvalue weighted by Gasteiger charge is 2.30. The van der Waals surface area contributed by atoms with Gasteiger partial charge >= 0.3 is 0 Å². The normalized spacial score (nSPS) is 42.3. The molecule has 0 aromatic heterocycles. The molecule has 0 aromatic rings. The van der Waals surface area contributed by atoms with Crippen LogP contribution >= 0.6 is 0 Å². The molecule has 1 saturated carbocycles. The Morgan fingerprint density at radius 1 is 1.56 bits per heavy atom. The van der Waals surface area contributed by atoms with Gasteiger partial charge in [-0.05, 0) is 25.7 Å². The van der Waals surface area contributed by atoms with Gasteiger partial charge in [0.05, 0.1) is 0 Å². The van der Waals surface area contributed by atoms with Gasteiger partial charge in [0.2, 0.25) is 0 Å². The lowest BCUT2D eigenvalue weighted by atomic mass is 9.92. The maximum absolute atomic E-state index is 5.92. The van der Waals surface area contributed by atoms with Crippen LogP contribution in [0.5, 0.6) is 0 Å². The summed E-state index contributed by atoms with van der Waals surface area (Å²) in [5.41, 5.74) is 6.07. The third kappa shape index (κ3) is 1.66. The van der Waals surface area contributed by atoms with E-state index in [1.807, 2.05) is 0 Å². The monoisotopic (exact) mass is 130 g/mol. The standard InChI is InChI=1S/C7H15N.H3N/c1-6-4-3-5-7(6,2)8;/h6H,3-5,8H2,1-2H3;1H3. The Balaban J connectivity index is 0.000000640. The van der Waals surface area contributed by atoms with Crippen molar-refractivity contribution in [1.29, 1.82) is 0 Å². The second-order valence-corrected chi connectivity index (χ2v) is 3.30. The second kappa shape index (κ2) is 2.67. The molecule has 0 bridgehead atoms. The smallest absolute Gasteiger partial charge is 0.0151 e. The fourth-order valence-electron chi connectivity index (χ4n) is 1.37. The van der Waals surface area contributed by atoms with Crippen LogP contribution in [0, 0.1) is 5.92 Å². The van der Waals surface area contributed by atoms with E-state index in [1.165, 1.54) is 19.3 Å². The van der Waals surface area contributed by atoms with Crippen LogP contribution in [0.3, 0.4) is 0 Å². The van der Waals surface area contributed by atoms with Crippen LogP contribution in [0.2, 0.25) is 0 Å². The second-order valence-electron chi connectivity index (χ2n) is 3.30. The highest BCUT2D eigenvalue weighted by atomic mass is 14.7. The van der Waals surface area contributed by atoms with Crippen LogP contribution in [-0.2, 0) is 0 Å². The predicted octanol–water partition coefficient (Wildman–Crippen LogP) is 1.69. The van der Waals surface area contributed by atoms with Gasteiger partial charge in [0.1, 0.15) is 0 Å². The number of hydrogen-bond acceptors (Lipinski definition) is 2. The average Bonchev–Trinajstić information content (AvgIpc) is 1.86. The minimum absolute atomic E-state index is 0. The molecule has 2 unspecified atom stereocenters. The first-order valence-electron chi connectivity index (χ1n) is 3.42. The Hall–Kier alpha value is -0.0800. The van der Waals surface area contributed by atoms with Crippen molar-refractivity contribution in [3.05, 3.63) is 0 Å². The van der Waals surface area contributed by atoms with Crippen LogP contribution in [-0.4, -0.2) is 5.54 Å². The molecule has 1 aliphatic carbocycles. The third-order valence-corrected chi connectivity index (χ3v) is 2.48. The zero-order valence-electron chi connectivity index (χ0n) is 6.48. The van der Waals surface area contributed by atoms with E-state index in [0.29, 0.717) is 0 Å². The lowest BCUT2D eigenvalue weighted by Crippen LogP contribution is -2.38. The molecule has 9 heavy (non-hydrogen) atoms. The molecule has 2 atom stereocenters. The predicted molar refractivity (Wildman–Crippen MR) is 40.6 cm³/mol. The van der Waals surface area contributed by atoms with Crippen LogP contribution < -0.4 is 11.9 Å². The van der Waals surface area contributed by atoms with Crippen LogP contribution in [0.15, 0.2) is 0 Å². The van der Waals surface area contributed by atoms with Crippen molar-refractivity contribution in [3.63, 3.8) is 0 Å². The van der Waals surface area contributed by atoms with Gasteiger partial charge in [0, 0.05) is 5.54 Å². The van der Waals surface area contributed by atoms with Crippen molar-refractivity contribution >= 4 is 0 Å². The van der Waals surface area contributed by atoms with Crippen LogP contribution in [0.4, 0.5) is 0 Å². The molecule has 2 heteroatoms. The lowest BCUT2D eigenvalue weighted by molar-refractivity contribution is 0.373. The quantitative estimate of drug-likeness (QED) is 0.524. The van der Waals surface area contributed by atoms with Crippen molar-refractivity contribution in [2.24, 2.45) is 11.7 Å². The van der Waals surface area contributed by atoms with Gasteiger partial charge in [-0.25, -0.2) is 0 Å². The molecule has 0 saturated heterocycles. The Labute approximate surface area is 57.4 Å². The largest absolute Gasteiger partial charge is 0.344 e. The zero-order valence-corrected chi connectivity index (χ0v) is 6.48. The van der Waals surface area contributed by atoms with E-state index in [-0.39, 0.29) is 11.7 Å². The Morgan fingerprint density at radius 3 is 2.22 bits per heavy atom. The fourth-order valence-corrected chi connectivity index (χ4v) is 1.37. The summed E-state index contributed by atoms with van der Waals surface area (Å²) in [6, 6.07) is 0. The summed E-state index contributed by atoms with van der Waals surface area (Å²) in [7, 11) is 0. The maximum atomic E-state index is 5.92. The summed E-state index contributed by atoms with van der Waals surface area (Å²) < 4.78 is 0. The van der Waals surface area contributed by atoms with Crippen LogP contribution in [0.25, 0.3) is 0 Å². The summed E-state index contributed by atoms with van der Waals surface area (Å²) >= 11 is 0. The van der Waals surface area contributed by atoms with Gasteiger partial charge in [-0.3, -0.25) is 0 Å². The van der Waals surface area contributed by atoms with Gasteiger partial charge in [-0.1, -0.05) is 13.3 Å². The first-order valence-corrected chi connectivity index (χ1v) is 3.42. The molecule has 5 N–H and O–H groups in total. The average molecular weight is 130 g/mol. The Kier molecular flexibility index (Phi) is 2.65. The van der Waals surface area contributed by atoms with Gasteiger partial charge in [0.25, 0.3) is 0 Å². The van der Waals surface area contributed by atoms with E-state index < -0.39 is 0 Å². The number of nitrogens with two attached hydrogens (primary N) is 1. The molecule has 0 radical (unpaired) electrons. The maximum Gasteiger partial charge on any atom is 0.0151 e. The van der Waals surface area contributed by atoms with E-state index in [9.17, 15) is 0 Å². The van der Waals surface area contributed by atoms with Gasteiger partial charge < -0.3 is 11.9 Å². The summed E-state index contributed by atoms with van der Waals surface area (Å²) in [6.07, 6.45) is 3.87. The molecule has 1 fully saturated rings. The van der Waals surface area contributed by atoms with E-state index in [2.05, 4.69) is 13.8 Å². The van der Waals surface area contributed by atoms with E-state index in [4.69, 9.17) is 5.73 Å². The number of rotatable bonds is 0. The SMILES string of the molecule is CC1CCCC1(C)N.N. The number of hydrogen-bond donors (Lipinski definition) is 2. The van der Waals surface area contributed by atoms with Crippen molar-refractivity contribution < 1.29 is 0 Å². The zero-order chi connectivity index (χ0) is 6.20. The fraction of sp³-hybridized carbons (Fsp3) is 1.00.